The van der Waals surface area contributed by atoms with E-state index in [4.69, 9.17) is 5.11 Å². The molecule has 7 heteroatoms. The van der Waals surface area contributed by atoms with Crippen LogP contribution in [0.1, 0.15) is 45.3 Å². The predicted molar refractivity (Wildman–Crippen MR) is 84.5 cm³/mol. The van der Waals surface area contributed by atoms with Gasteiger partial charge >= 0.3 is 5.97 Å². The van der Waals surface area contributed by atoms with Gasteiger partial charge in [-0.25, -0.2) is 9.18 Å². The number of hydrogen-bond acceptors (Lipinski definition) is 3. The Bertz CT molecular complexity index is 762. The van der Waals surface area contributed by atoms with Crippen molar-refractivity contribution in [3.63, 3.8) is 0 Å². The highest BCUT2D eigenvalue weighted by Gasteiger charge is 2.27. The number of nitrogens with zero attached hydrogens (tertiary/aromatic N) is 3. The molecule has 0 atom stereocenters. The molecule has 0 bridgehead atoms. The minimum Gasteiger partial charge on any atom is -0.478 e. The average Bonchev–Trinajstić information content (AvgIpc) is 2.97. The number of likely N-dealkylation sites (tertiary alicyclic amines) is 1. The second-order valence-electron chi connectivity index (χ2n) is 5.92. The molecule has 0 aliphatic carbocycles. The molecule has 1 amide bonds. The van der Waals surface area contributed by atoms with Crippen LogP contribution in [0.5, 0.6) is 0 Å². The Hall–Kier alpha value is -2.70. The summed E-state index contributed by atoms with van der Waals surface area (Å²) >= 11 is 0. The van der Waals surface area contributed by atoms with E-state index >= 15 is 0 Å². The van der Waals surface area contributed by atoms with Crippen LogP contribution in [0.3, 0.4) is 0 Å². The van der Waals surface area contributed by atoms with E-state index in [1.807, 2.05) is 0 Å². The topological polar surface area (TPSA) is 75.4 Å². The first kappa shape index (κ1) is 16.2. The Morgan fingerprint density at radius 3 is 2.38 bits per heavy atom. The Morgan fingerprint density at radius 1 is 1.21 bits per heavy atom. The van der Waals surface area contributed by atoms with Crippen LogP contribution in [0.2, 0.25) is 0 Å². The summed E-state index contributed by atoms with van der Waals surface area (Å²) in [6.45, 7) is 2.86. The minimum absolute atomic E-state index is 0.0790. The van der Waals surface area contributed by atoms with E-state index in [-0.39, 0.29) is 23.3 Å². The predicted octanol–water partition coefficient (Wildman–Crippen LogP) is 2.51. The fourth-order valence-electron chi connectivity index (χ4n) is 3.09. The van der Waals surface area contributed by atoms with E-state index in [2.05, 4.69) is 5.10 Å². The van der Waals surface area contributed by atoms with Crippen LogP contribution >= 0.6 is 0 Å². The van der Waals surface area contributed by atoms with Gasteiger partial charge in [-0.1, -0.05) is 0 Å². The molecule has 1 fully saturated rings. The first-order chi connectivity index (χ1) is 11.5. The SMILES string of the molecule is Cc1c(C(=O)O)cnn1C1CCN(C(=O)c2ccc(F)cc2)CC1. The summed E-state index contributed by atoms with van der Waals surface area (Å²) in [5, 5.41) is 13.3. The van der Waals surface area contributed by atoms with Gasteiger partial charge < -0.3 is 10.0 Å². The van der Waals surface area contributed by atoms with Crippen LogP contribution in [0.15, 0.2) is 30.5 Å². The lowest BCUT2D eigenvalue weighted by Gasteiger charge is -2.32. The van der Waals surface area contributed by atoms with E-state index in [0.717, 1.165) is 0 Å². The van der Waals surface area contributed by atoms with Crippen molar-refractivity contribution < 1.29 is 19.1 Å². The number of carboxylic acid groups (broad SMARTS) is 1. The summed E-state index contributed by atoms with van der Waals surface area (Å²) in [5.74, 6) is -1.46. The van der Waals surface area contributed by atoms with Gasteiger partial charge in [0.15, 0.2) is 0 Å². The van der Waals surface area contributed by atoms with Crippen molar-refractivity contribution in [2.75, 3.05) is 13.1 Å². The number of rotatable bonds is 3. The maximum atomic E-state index is 13.0. The fourth-order valence-corrected chi connectivity index (χ4v) is 3.09. The van der Waals surface area contributed by atoms with Crippen molar-refractivity contribution in [1.29, 1.82) is 0 Å². The highest BCUT2D eigenvalue weighted by molar-refractivity contribution is 5.94. The number of hydrogen-bond donors (Lipinski definition) is 1. The molecule has 126 valence electrons. The molecule has 2 heterocycles. The van der Waals surface area contributed by atoms with E-state index in [9.17, 15) is 14.0 Å². The third-order valence-corrected chi connectivity index (χ3v) is 4.46. The second-order valence-corrected chi connectivity index (χ2v) is 5.92. The van der Waals surface area contributed by atoms with Crippen molar-refractivity contribution in [3.05, 3.63) is 53.1 Å². The highest BCUT2D eigenvalue weighted by Crippen LogP contribution is 2.25. The van der Waals surface area contributed by atoms with Crippen molar-refractivity contribution in [1.82, 2.24) is 14.7 Å². The zero-order chi connectivity index (χ0) is 17.3. The number of amides is 1. The molecule has 1 aromatic heterocycles. The number of carboxylic acids is 1. The highest BCUT2D eigenvalue weighted by atomic mass is 19.1. The second kappa shape index (κ2) is 6.43. The van der Waals surface area contributed by atoms with Crippen molar-refractivity contribution in [2.45, 2.75) is 25.8 Å². The number of carbonyl (C=O) groups is 2. The summed E-state index contributed by atoms with van der Waals surface area (Å²) in [7, 11) is 0. The molecule has 2 aromatic rings. The molecule has 1 aliphatic rings. The minimum atomic E-state index is -0.984. The molecule has 1 saturated heterocycles. The van der Waals surface area contributed by atoms with E-state index < -0.39 is 5.97 Å². The van der Waals surface area contributed by atoms with Crippen LogP contribution < -0.4 is 0 Å². The summed E-state index contributed by atoms with van der Waals surface area (Å²) < 4.78 is 14.7. The summed E-state index contributed by atoms with van der Waals surface area (Å²) in [4.78, 5) is 25.3. The van der Waals surface area contributed by atoms with Gasteiger partial charge in [-0.05, 0) is 44.0 Å². The molecular weight excluding hydrogens is 313 g/mol. The lowest BCUT2D eigenvalue weighted by Crippen LogP contribution is -2.39. The van der Waals surface area contributed by atoms with Gasteiger partial charge in [-0.15, -0.1) is 0 Å². The summed E-state index contributed by atoms with van der Waals surface area (Å²) in [6, 6.07) is 5.61. The molecule has 3 rings (SSSR count). The van der Waals surface area contributed by atoms with Crippen LogP contribution in [-0.2, 0) is 0 Å². The largest absolute Gasteiger partial charge is 0.478 e. The zero-order valence-corrected chi connectivity index (χ0v) is 13.3. The molecule has 0 radical (unpaired) electrons. The molecular formula is C17H18FN3O3. The van der Waals surface area contributed by atoms with Gasteiger partial charge in [0, 0.05) is 18.7 Å². The van der Waals surface area contributed by atoms with E-state index in [1.54, 1.807) is 16.5 Å². The lowest BCUT2D eigenvalue weighted by atomic mass is 10.0. The molecule has 1 aliphatic heterocycles. The fraction of sp³-hybridized carbons (Fsp3) is 0.353. The van der Waals surface area contributed by atoms with Crippen LogP contribution in [0, 0.1) is 12.7 Å². The Morgan fingerprint density at radius 2 is 1.83 bits per heavy atom. The Labute approximate surface area is 138 Å². The van der Waals surface area contributed by atoms with Gasteiger partial charge in [-0.3, -0.25) is 9.48 Å². The van der Waals surface area contributed by atoms with Crippen molar-refractivity contribution in [3.8, 4) is 0 Å². The molecule has 24 heavy (non-hydrogen) atoms. The number of carbonyl (C=O) groups excluding carboxylic acids is 1. The van der Waals surface area contributed by atoms with Crippen molar-refractivity contribution in [2.24, 2.45) is 0 Å². The van der Waals surface area contributed by atoms with Crippen LogP contribution in [0.25, 0.3) is 0 Å². The Kier molecular flexibility index (Phi) is 4.33. The first-order valence-electron chi connectivity index (χ1n) is 7.79. The monoisotopic (exact) mass is 331 g/mol. The molecule has 6 nitrogen and oxygen atoms in total. The van der Waals surface area contributed by atoms with Gasteiger partial charge in [0.1, 0.15) is 11.4 Å². The molecule has 1 N–H and O–H groups in total. The summed E-state index contributed by atoms with van der Waals surface area (Å²) in [5.41, 5.74) is 1.31. The number of piperidine rings is 1. The van der Waals surface area contributed by atoms with E-state index in [0.29, 0.717) is 37.2 Å². The zero-order valence-electron chi connectivity index (χ0n) is 13.3. The van der Waals surface area contributed by atoms with E-state index in [1.165, 1.54) is 30.5 Å². The molecule has 0 saturated carbocycles. The smallest absolute Gasteiger partial charge is 0.339 e. The molecule has 0 spiro atoms. The average molecular weight is 331 g/mol. The molecule has 1 aromatic carbocycles. The number of aromatic nitrogens is 2. The quantitative estimate of drug-likeness (QED) is 0.938. The third kappa shape index (κ3) is 3.02. The van der Waals surface area contributed by atoms with Gasteiger partial charge in [-0.2, -0.15) is 5.10 Å². The number of benzene rings is 1. The standard InChI is InChI=1S/C17H18FN3O3/c1-11-15(17(23)24)10-19-21(11)14-6-8-20(9-7-14)16(22)12-2-4-13(18)5-3-12/h2-5,10,14H,6-9H2,1H3,(H,23,24). The number of aromatic carboxylic acids is 1. The van der Waals surface area contributed by atoms with Crippen molar-refractivity contribution >= 4 is 11.9 Å². The maximum absolute atomic E-state index is 13.0. The maximum Gasteiger partial charge on any atom is 0.339 e. The van der Waals surface area contributed by atoms with Gasteiger partial charge in [0.2, 0.25) is 0 Å². The third-order valence-electron chi connectivity index (χ3n) is 4.46. The number of halogens is 1. The Balaban J connectivity index is 1.66. The summed E-state index contributed by atoms with van der Waals surface area (Å²) in [6.07, 6.45) is 2.77. The first-order valence-corrected chi connectivity index (χ1v) is 7.79. The van der Waals surface area contributed by atoms with Crippen LogP contribution in [-0.4, -0.2) is 44.8 Å². The molecule has 0 unspecified atom stereocenters. The normalized spacial score (nSPS) is 15.5. The van der Waals surface area contributed by atoms with Gasteiger partial charge in [0.25, 0.3) is 5.91 Å². The van der Waals surface area contributed by atoms with Crippen LogP contribution in [0.4, 0.5) is 4.39 Å². The lowest BCUT2D eigenvalue weighted by molar-refractivity contribution is 0.0688. The van der Waals surface area contributed by atoms with Gasteiger partial charge in [0.05, 0.1) is 17.9 Å².